The van der Waals surface area contributed by atoms with Crippen LogP contribution < -0.4 is 5.32 Å². The molecule has 0 heterocycles. The third-order valence-corrected chi connectivity index (χ3v) is 6.79. The summed E-state index contributed by atoms with van der Waals surface area (Å²) in [5.74, 6) is 4.23. The lowest BCUT2D eigenvalue weighted by molar-refractivity contribution is 0.202. The summed E-state index contributed by atoms with van der Waals surface area (Å²) in [4.78, 5) is 0. The fourth-order valence-corrected chi connectivity index (χ4v) is 5.68. The SMILES string of the molecule is CC(C)(CNC1CC2CC1C1CCCC21)c1ccccc1. The predicted molar refractivity (Wildman–Crippen MR) is 88.3 cm³/mol. The number of hydrogen-bond acceptors (Lipinski definition) is 1. The molecule has 4 rings (SSSR count). The van der Waals surface area contributed by atoms with E-state index in [1.807, 2.05) is 0 Å². The fraction of sp³-hybridized carbons (Fsp3) is 0.700. The first-order valence-electron chi connectivity index (χ1n) is 8.94. The van der Waals surface area contributed by atoms with Crippen LogP contribution in [0, 0.1) is 23.7 Å². The Bertz CT molecular complexity index is 492. The second kappa shape index (κ2) is 5.12. The summed E-state index contributed by atoms with van der Waals surface area (Å²) in [6.45, 7) is 5.87. The minimum atomic E-state index is 0.234. The van der Waals surface area contributed by atoms with E-state index in [9.17, 15) is 0 Å². The molecule has 0 aliphatic heterocycles. The van der Waals surface area contributed by atoms with Crippen LogP contribution in [0.2, 0.25) is 0 Å². The van der Waals surface area contributed by atoms with Gasteiger partial charge in [0.25, 0.3) is 0 Å². The van der Waals surface area contributed by atoms with Crippen molar-refractivity contribution in [3.05, 3.63) is 35.9 Å². The van der Waals surface area contributed by atoms with Gasteiger partial charge in [0.2, 0.25) is 0 Å². The van der Waals surface area contributed by atoms with Crippen LogP contribution in [0.1, 0.15) is 51.5 Å². The lowest BCUT2D eigenvalue weighted by atomic mass is 9.78. The third-order valence-electron chi connectivity index (χ3n) is 6.79. The minimum Gasteiger partial charge on any atom is -0.313 e. The normalized spacial score (nSPS) is 37.9. The van der Waals surface area contributed by atoms with Crippen LogP contribution in [-0.4, -0.2) is 12.6 Å². The number of fused-ring (bicyclic) bond motifs is 5. The lowest BCUT2D eigenvalue weighted by Gasteiger charge is -2.35. The zero-order valence-corrected chi connectivity index (χ0v) is 13.5. The first kappa shape index (κ1) is 13.8. The van der Waals surface area contributed by atoms with Gasteiger partial charge in [0.15, 0.2) is 0 Å². The molecule has 2 bridgehead atoms. The Morgan fingerprint density at radius 1 is 1.00 bits per heavy atom. The Morgan fingerprint density at radius 3 is 2.57 bits per heavy atom. The van der Waals surface area contributed by atoms with Crippen LogP contribution in [-0.2, 0) is 5.41 Å². The summed E-state index contributed by atoms with van der Waals surface area (Å²) < 4.78 is 0. The Kier molecular flexibility index (Phi) is 3.37. The summed E-state index contributed by atoms with van der Waals surface area (Å²) in [6.07, 6.45) is 7.54. The molecular formula is C20H29N. The molecule has 0 radical (unpaired) electrons. The van der Waals surface area contributed by atoms with E-state index in [1.54, 1.807) is 0 Å². The first-order chi connectivity index (χ1) is 10.1. The highest BCUT2D eigenvalue weighted by molar-refractivity contribution is 5.24. The van der Waals surface area contributed by atoms with E-state index in [4.69, 9.17) is 0 Å². The molecule has 3 fully saturated rings. The molecular weight excluding hydrogens is 254 g/mol. The zero-order chi connectivity index (χ0) is 14.4. The van der Waals surface area contributed by atoms with Crippen molar-refractivity contribution in [2.75, 3.05) is 6.54 Å². The van der Waals surface area contributed by atoms with Crippen molar-refractivity contribution in [3.8, 4) is 0 Å². The van der Waals surface area contributed by atoms with Gasteiger partial charge < -0.3 is 5.32 Å². The lowest BCUT2D eigenvalue weighted by Crippen LogP contribution is -2.44. The highest BCUT2D eigenvalue weighted by Gasteiger charge is 2.53. The molecule has 3 aliphatic rings. The monoisotopic (exact) mass is 283 g/mol. The zero-order valence-electron chi connectivity index (χ0n) is 13.5. The van der Waals surface area contributed by atoms with Crippen LogP contribution in [0.4, 0.5) is 0 Å². The van der Waals surface area contributed by atoms with E-state index in [0.29, 0.717) is 0 Å². The number of hydrogen-bond donors (Lipinski definition) is 1. The Balaban J connectivity index is 1.40. The van der Waals surface area contributed by atoms with E-state index >= 15 is 0 Å². The van der Waals surface area contributed by atoms with E-state index in [1.165, 1.54) is 37.7 Å². The molecule has 0 aromatic heterocycles. The summed E-state index contributed by atoms with van der Waals surface area (Å²) in [7, 11) is 0. The van der Waals surface area contributed by atoms with Gasteiger partial charge in [-0.05, 0) is 54.9 Å². The van der Waals surface area contributed by atoms with E-state index in [2.05, 4.69) is 49.5 Å². The third kappa shape index (κ3) is 2.34. The van der Waals surface area contributed by atoms with Crippen molar-refractivity contribution in [2.24, 2.45) is 23.7 Å². The maximum Gasteiger partial charge on any atom is 0.0101 e. The Morgan fingerprint density at radius 2 is 1.76 bits per heavy atom. The molecule has 0 amide bonds. The quantitative estimate of drug-likeness (QED) is 0.864. The van der Waals surface area contributed by atoms with Gasteiger partial charge in [-0.2, -0.15) is 0 Å². The van der Waals surface area contributed by atoms with Crippen molar-refractivity contribution in [2.45, 2.75) is 57.4 Å². The smallest absolute Gasteiger partial charge is 0.0101 e. The highest BCUT2D eigenvalue weighted by Crippen LogP contribution is 2.58. The molecule has 1 aromatic carbocycles. The predicted octanol–water partition coefficient (Wildman–Crippen LogP) is 4.38. The van der Waals surface area contributed by atoms with E-state index < -0.39 is 0 Å². The molecule has 0 spiro atoms. The number of benzene rings is 1. The topological polar surface area (TPSA) is 12.0 Å². The van der Waals surface area contributed by atoms with Crippen LogP contribution in [0.3, 0.4) is 0 Å². The molecule has 5 unspecified atom stereocenters. The molecule has 1 N–H and O–H groups in total. The largest absolute Gasteiger partial charge is 0.313 e. The molecule has 1 aromatic rings. The van der Waals surface area contributed by atoms with Crippen molar-refractivity contribution in [3.63, 3.8) is 0 Å². The number of rotatable bonds is 4. The molecule has 3 aliphatic carbocycles. The van der Waals surface area contributed by atoms with Crippen molar-refractivity contribution in [1.82, 2.24) is 5.32 Å². The first-order valence-corrected chi connectivity index (χ1v) is 8.94. The van der Waals surface area contributed by atoms with Gasteiger partial charge in [-0.15, -0.1) is 0 Å². The van der Waals surface area contributed by atoms with Gasteiger partial charge in [0.1, 0.15) is 0 Å². The summed E-state index contributed by atoms with van der Waals surface area (Å²) in [5.41, 5.74) is 1.69. The fourth-order valence-electron chi connectivity index (χ4n) is 5.68. The second-order valence-electron chi connectivity index (χ2n) is 8.39. The van der Waals surface area contributed by atoms with Crippen molar-refractivity contribution in [1.29, 1.82) is 0 Å². The highest BCUT2D eigenvalue weighted by atomic mass is 15.0. The van der Waals surface area contributed by atoms with E-state index in [0.717, 1.165) is 36.3 Å². The van der Waals surface area contributed by atoms with Gasteiger partial charge in [0, 0.05) is 18.0 Å². The molecule has 0 saturated heterocycles. The average Bonchev–Trinajstić information content (AvgIpc) is 3.18. The summed E-state index contributed by atoms with van der Waals surface area (Å²) >= 11 is 0. The van der Waals surface area contributed by atoms with Crippen molar-refractivity contribution >= 4 is 0 Å². The summed E-state index contributed by atoms with van der Waals surface area (Å²) in [5, 5.41) is 3.96. The van der Waals surface area contributed by atoms with Crippen LogP contribution in [0.15, 0.2) is 30.3 Å². The van der Waals surface area contributed by atoms with Crippen LogP contribution >= 0.6 is 0 Å². The minimum absolute atomic E-state index is 0.234. The molecule has 114 valence electrons. The standard InChI is InChI=1S/C20H29N/c1-20(2,15-7-4-3-5-8-15)13-21-19-12-14-11-18(19)17-10-6-9-16(14)17/h3-5,7-8,14,16-19,21H,6,9-13H2,1-2H3. The van der Waals surface area contributed by atoms with Gasteiger partial charge in [0.05, 0.1) is 0 Å². The van der Waals surface area contributed by atoms with Gasteiger partial charge in [-0.3, -0.25) is 0 Å². The molecule has 3 saturated carbocycles. The molecule has 1 nitrogen and oxygen atoms in total. The molecule has 1 heteroatoms. The van der Waals surface area contributed by atoms with Crippen molar-refractivity contribution < 1.29 is 0 Å². The van der Waals surface area contributed by atoms with Gasteiger partial charge >= 0.3 is 0 Å². The van der Waals surface area contributed by atoms with Crippen LogP contribution in [0.5, 0.6) is 0 Å². The van der Waals surface area contributed by atoms with Gasteiger partial charge in [-0.25, -0.2) is 0 Å². The maximum absolute atomic E-state index is 3.96. The van der Waals surface area contributed by atoms with Crippen LogP contribution in [0.25, 0.3) is 0 Å². The Hall–Kier alpha value is -0.820. The average molecular weight is 283 g/mol. The molecule has 5 atom stereocenters. The summed E-state index contributed by atoms with van der Waals surface area (Å²) in [6, 6.07) is 11.8. The number of nitrogens with one attached hydrogen (secondary N) is 1. The van der Waals surface area contributed by atoms with E-state index in [-0.39, 0.29) is 5.41 Å². The maximum atomic E-state index is 3.96. The Labute approximate surface area is 129 Å². The van der Waals surface area contributed by atoms with Gasteiger partial charge in [-0.1, -0.05) is 50.6 Å². The second-order valence-corrected chi connectivity index (χ2v) is 8.39. The molecule has 21 heavy (non-hydrogen) atoms.